The van der Waals surface area contributed by atoms with Crippen molar-refractivity contribution >= 4 is 23.1 Å². The van der Waals surface area contributed by atoms with E-state index in [1.807, 2.05) is 13.8 Å². The van der Waals surface area contributed by atoms with Gasteiger partial charge in [0.25, 0.3) is 0 Å². The van der Waals surface area contributed by atoms with Gasteiger partial charge in [0.2, 0.25) is 5.28 Å². The summed E-state index contributed by atoms with van der Waals surface area (Å²) in [5.41, 5.74) is 1.34. The van der Waals surface area contributed by atoms with Crippen LogP contribution in [0.3, 0.4) is 0 Å². The van der Waals surface area contributed by atoms with Crippen LogP contribution in [-0.4, -0.2) is 16.5 Å². The van der Waals surface area contributed by atoms with Crippen molar-refractivity contribution < 1.29 is 4.39 Å². The van der Waals surface area contributed by atoms with Gasteiger partial charge in [-0.25, -0.2) is 9.37 Å². The second-order valence-electron chi connectivity index (χ2n) is 3.84. The van der Waals surface area contributed by atoms with Gasteiger partial charge in [0.1, 0.15) is 11.6 Å². The third-order valence-electron chi connectivity index (χ3n) is 2.63. The van der Waals surface area contributed by atoms with Gasteiger partial charge in [-0.2, -0.15) is 4.98 Å². The fraction of sp³-hybridized carbons (Fsp3) is 0.231. The van der Waals surface area contributed by atoms with Crippen molar-refractivity contribution in [3.63, 3.8) is 0 Å². The minimum absolute atomic E-state index is 0.158. The molecule has 0 aliphatic rings. The first-order chi connectivity index (χ1) is 8.63. The van der Waals surface area contributed by atoms with Crippen molar-refractivity contribution in [1.29, 1.82) is 0 Å². The van der Waals surface area contributed by atoms with E-state index in [1.165, 1.54) is 6.07 Å². The van der Waals surface area contributed by atoms with Crippen LogP contribution in [0.4, 0.5) is 15.9 Å². The molecule has 0 atom stereocenters. The SMILES string of the molecule is CCN(c1ccccc1F)c1nc(Cl)ncc1C. The Kier molecular flexibility index (Phi) is 3.77. The Morgan fingerprint density at radius 3 is 2.72 bits per heavy atom. The fourth-order valence-corrected chi connectivity index (χ4v) is 1.92. The minimum atomic E-state index is -0.284. The molecule has 0 N–H and O–H groups in total. The number of anilines is 2. The second kappa shape index (κ2) is 5.31. The topological polar surface area (TPSA) is 29.0 Å². The van der Waals surface area contributed by atoms with Crippen LogP contribution in [0.1, 0.15) is 12.5 Å². The maximum Gasteiger partial charge on any atom is 0.224 e. The van der Waals surface area contributed by atoms with Crippen LogP contribution in [0.25, 0.3) is 0 Å². The molecule has 1 heterocycles. The number of aromatic nitrogens is 2. The smallest absolute Gasteiger partial charge is 0.224 e. The van der Waals surface area contributed by atoms with E-state index in [4.69, 9.17) is 11.6 Å². The summed E-state index contributed by atoms with van der Waals surface area (Å²) in [6.45, 7) is 4.40. The third-order valence-corrected chi connectivity index (χ3v) is 2.81. The molecule has 0 fully saturated rings. The molecular formula is C13H13ClFN3. The molecule has 0 bridgehead atoms. The van der Waals surface area contributed by atoms with Crippen LogP contribution in [0.2, 0.25) is 5.28 Å². The van der Waals surface area contributed by atoms with E-state index in [0.29, 0.717) is 18.1 Å². The van der Waals surface area contributed by atoms with Crippen molar-refractivity contribution in [1.82, 2.24) is 9.97 Å². The zero-order chi connectivity index (χ0) is 13.1. The summed E-state index contributed by atoms with van der Waals surface area (Å²) in [4.78, 5) is 9.86. The quantitative estimate of drug-likeness (QED) is 0.792. The summed E-state index contributed by atoms with van der Waals surface area (Å²) in [5.74, 6) is 0.344. The molecular weight excluding hydrogens is 253 g/mol. The summed E-state index contributed by atoms with van der Waals surface area (Å²) in [6, 6.07) is 6.59. The second-order valence-corrected chi connectivity index (χ2v) is 4.18. The number of rotatable bonds is 3. The molecule has 1 aromatic heterocycles. The van der Waals surface area contributed by atoms with E-state index in [1.54, 1.807) is 29.3 Å². The Labute approximate surface area is 110 Å². The maximum absolute atomic E-state index is 13.8. The number of halogens is 2. The first-order valence-electron chi connectivity index (χ1n) is 5.64. The molecule has 18 heavy (non-hydrogen) atoms. The molecule has 5 heteroatoms. The van der Waals surface area contributed by atoms with E-state index in [9.17, 15) is 4.39 Å². The van der Waals surface area contributed by atoms with Crippen molar-refractivity contribution in [2.45, 2.75) is 13.8 Å². The van der Waals surface area contributed by atoms with Crippen molar-refractivity contribution in [3.05, 3.63) is 47.1 Å². The van der Waals surface area contributed by atoms with Crippen molar-refractivity contribution in [2.75, 3.05) is 11.4 Å². The molecule has 2 aromatic rings. The predicted octanol–water partition coefficient (Wildman–Crippen LogP) is 3.74. The van der Waals surface area contributed by atoms with E-state index < -0.39 is 0 Å². The highest BCUT2D eigenvalue weighted by molar-refractivity contribution is 6.28. The first-order valence-corrected chi connectivity index (χ1v) is 6.02. The van der Waals surface area contributed by atoms with Crippen molar-refractivity contribution in [2.24, 2.45) is 0 Å². The largest absolute Gasteiger partial charge is 0.324 e. The van der Waals surface area contributed by atoms with Gasteiger partial charge in [0.15, 0.2) is 0 Å². The van der Waals surface area contributed by atoms with Crippen molar-refractivity contribution in [3.8, 4) is 0 Å². The van der Waals surface area contributed by atoms with Gasteiger partial charge in [-0.3, -0.25) is 0 Å². The molecule has 0 spiro atoms. The predicted molar refractivity (Wildman–Crippen MR) is 70.9 cm³/mol. The average molecular weight is 266 g/mol. The Morgan fingerprint density at radius 2 is 2.06 bits per heavy atom. The fourth-order valence-electron chi connectivity index (χ4n) is 1.79. The number of hydrogen-bond acceptors (Lipinski definition) is 3. The van der Waals surface area contributed by atoms with Crippen LogP contribution in [0, 0.1) is 12.7 Å². The highest BCUT2D eigenvalue weighted by Crippen LogP contribution is 2.28. The molecule has 0 aliphatic heterocycles. The van der Waals surface area contributed by atoms with E-state index in [2.05, 4.69) is 9.97 Å². The van der Waals surface area contributed by atoms with E-state index in [-0.39, 0.29) is 11.1 Å². The van der Waals surface area contributed by atoms with Gasteiger partial charge in [-0.05, 0) is 37.6 Å². The Hall–Kier alpha value is -1.68. The molecule has 1 aromatic carbocycles. The van der Waals surface area contributed by atoms with Gasteiger partial charge < -0.3 is 4.90 Å². The lowest BCUT2D eigenvalue weighted by molar-refractivity contribution is 0.625. The number of nitrogens with zero attached hydrogens (tertiary/aromatic N) is 3. The van der Waals surface area contributed by atoms with Gasteiger partial charge in [0.05, 0.1) is 5.69 Å². The maximum atomic E-state index is 13.8. The molecule has 0 amide bonds. The highest BCUT2D eigenvalue weighted by atomic mass is 35.5. The summed E-state index contributed by atoms with van der Waals surface area (Å²) in [7, 11) is 0. The lowest BCUT2D eigenvalue weighted by atomic mass is 10.2. The minimum Gasteiger partial charge on any atom is -0.324 e. The normalized spacial score (nSPS) is 10.4. The molecule has 0 saturated heterocycles. The molecule has 0 radical (unpaired) electrons. The zero-order valence-electron chi connectivity index (χ0n) is 10.2. The summed E-state index contributed by atoms with van der Waals surface area (Å²) in [6.07, 6.45) is 1.63. The lowest BCUT2D eigenvalue weighted by Gasteiger charge is -2.23. The molecule has 2 rings (SSSR count). The summed E-state index contributed by atoms with van der Waals surface area (Å²) >= 11 is 5.80. The first kappa shape index (κ1) is 12.8. The number of hydrogen-bond donors (Lipinski definition) is 0. The highest BCUT2D eigenvalue weighted by Gasteiger charge is 2.15. The lowest BCUT2D eigenvalue weighted by Crippen LogP contribution is -2.20. The van der Waals surface area contributed by atoms with Gasteiger partial charge >= 0.3 is 0 Å². The van der Waals surface area contributed by atoms with Crippen LogP contribution >= 0.6 is 11.6 Å². The number of aryl methyl sites for hydroxylation is 1. The Morgan fingerprint density at radius 1 is 1.33 bits per heavy atom. The monoisotopic (exact) mass is 265 g/mol. The molecule has 0 aliphatic carbocycles. The van der Waals surface area contributed by atoms with Crippen LogP contribution in [0.5, 0.6) is 0 Å². The molecule has 0 unspecified atom stereocenters. The summed E-state index contributed by atoms with van der Waals surface area (Å²) < 4.78 is 13.8. The van der Waals surface area contributed by atoms with Crippen LogP contribution in [-0.2, 0) is 0 Å². The number of para-hydroxylation sites is 1. The molecule has 3 nitrogen and oxygen atoms in total. The summed E-state index contributed by atoms with van der Waals surface area (Å²) in [5, 5.41) is 0.158. The molecule has 94 valence electrons. The standard InChI is InChI=1S/C13H13ClFN3/c1-3-18(11-7-5-4-6-10(11)15)12-9(2)8-16-13(14)17-12/h4-8H,3H2,1-2H3. The van der Waals surface area contributed by atoms with E-state index in [0.717, 1.165) is 5.56 Å². The third kappa shape index (κ3) is 2.43. The van der Waals surface area contributed by atoms with Crippen LogP contribution in [0.15, 0.2) is 30.5 Å². The van der Waals surface area contributed by atoms with Gasteiger partial charge in [0, 0.05) is 18.3 Å². The zero-order valence-corrected chi connectivity index (χ0v) is 10.9. The van der Waals surface area contributed by atoms with Gasteiger partial charge in [-0.15, -0.1) is 0 Å². The Bertz CT molecular complexity index is 560. The number of benzene rings is 1. The van der Waals surface area contributed by atoms with Crippen LogP contribution < -0.4 is 4.90 Å². The van der Waals surface area contributed by atoms with E-state index >= 15 is 0 Å². The van der Waals surface area contributed by atoms with Gasteiger partial charge in [-0.1, -0.05) is 12.1 Å². The average Bonchev–Trinajstić information content (AvgIpc) is 2.36. The Balaban J connectivity index is 2.52. The molecule has 0 saturated carbocycles.